The van der Waals surface area contributed by atoms with E-state index in [1.165, 1.54) is 0 Å². The van der Waals surface area contributed by atoms with Crippen molar-refractivity contribution < 1.29 is 14.3 Å². The van der Waals surface area contributed by atoms with Crippen molar-refractivity contribution in [1.82, 2.24) is 5.32 Å². The molecule has 0 aliphatic carbocycles. The van der Waals surface area contributed by atoms with E-state index in [-0.39, 0.29) is 18.4 Å². The SMILES string of the molecule is COCCNC(=O)c1ccc(NCC(=O)Nc2cccc(Cl)c2)cc1Cl. The summed E-state index contributed by atoms with van der Waals surface area (Å²) < 4.78 is 4.88. The predicted molar refractivity (Wildman–Crippen MR) is 104 cm³/mol. The maximum Gasteiger partial charge on any atom is 0.252 e. The summed E-state index contributed by atoms with van der Waals surface area (Å²) in [7, 11) is 1.56. The van der Waals surface area contributed by atoms with Crippen LogP contribution in [0.15, 0.2) is 42.5 Å². The predicted octanol–water partition coefficient (Wildman–Crippen LogP) is 3.42. The van der Waals surface area contributed by atoms with Crippen LogP contribution >= 0.6 is 23.2 Å². The van der Waals surface area contributed by atoms with Gasteiger partial charge >= 0.3 is 0 Å². The lowest BCUT2D eigenvalue weighted by atomic mass is 10.2. The average Bonchev–Trinajstić information content (AvgIpc) is 2.60. The van der Waals surface area contributed by atoms with E-state index in [1.54, 1.807) is 49.6 Å². The number of ether oxygens (including phenoxy) is 1. The Morgan fingerprint density at radius 1 is 1.08 bits per heavy atom. The third kappa shape index (κ3) is 6.22. The summed E-state index contributed by atoms with van der Waals surface area (Å²) in [5, 5.41) is 9.22. The van der Waals surface area contributed by atoms with Crippen molar-refractivity contribution in [2.75, 3.05) is 37.4 Å². The third-order valence-corrected chi connectivity index (χ3v) is 3.91. The van der Waals surface area contributed by atoms with Crippen molar-refractivity contribution in [3.8, 4) is 0 Å². The molecule has 0 heterocycles. The normalized spacial score (nSPS) is 10.3. The number of nitrogens with one attached hydrogen (secondary N) is 3. The maximum absolute atomic E-state index is 12.0. The van der Waals surface area contributed by atoms with E-state index < -0.39 is 0 Å². The van der Waals surface area contributed by atoms with Gasteiger partial charge in [0.05, 0.1) is 23.7 Å². The van der Waals surface area contributed by atoms with Crippen LogP contribution in [0.4, 0.5) is 11.4 Å². The number of carbonyl (C=O) groups is 2. The molecule has 0 bridgehead atoms. The van der Waals surface area contributed by atoms with Gasteiger partial charge in [-0.25, -0.2) is 0 Å². The number of halogens is 2. The number of amides is 2. The second kappa shape index (κ2) is 10.0. The molecule has 8 heteroatoms. The Labute approximate surface area is 161 Å². The van der Waals surface area contributed by atoms with Gasteiger partial charge < -0.3 is 20.7 Å². The molecule has 138 valence electrons. The number of hydrogen-bond acceptors (Lipinski definition) is 4. The molecule has 6 nitrogen and oxygen atoms in total. The van der Waals surface area contributed by atoms with Gasteiger partial charge in [0.15, 0.2) is 0 Å². The Morgan fingerprint density at radius 2 is 1.88 bits per heavy atom. The van der Waals surface area contributed by atoms with Crippen molar-refractivity contribution in [2.45, 2.75) is 0 Å². The Bertz CT molecular complexity index is 784. The van der Waals surface area contributed by atoms with Gasteiger partial charge in [-0.05, 0) is 36.4 Å². The number of anilines is 2. The van der Waals surface area contributed by atoms with Gasteiger partial charge in [0.2, 0.25) is 5.91 Å². The average molecular weight is 396 g/mol. The minimum Gasteiger partial charge on any atom is -0.383 e. The highest BCUT2D eigenvalue weighted by Crippen LogP contribution is 2.21. The van der Waals surface area contributed by atoms with Crippen LogP contribution in [0.2, 0.25) is 10.0 Å². The fraction of sp³-hybridized carbons (Fsp3) is 0.222. The Balaban J connectivity index is 1.88. The molecule has 3 N–H and O–H groups in total. The molecule has 0 saturated carbocycles. The molecule has 0 fully saturated rings. The van der Waals surface area contributed by atoms with Crippen LogP contribution in [0.3, 0.4) is 0 Å². The summed E-state index contributed by atoms with van der Waals surface area (Å²) in [5.74, 6) is -0.512. The second-order valence-electron chi connectivity index (χ2n) is 5.36. The first-order chi connectivity index (χ1) is 12.5. The lowest BCUT2D eigenvalue weighted by Crippen LogP contribution is -2.27. The molecule has 2 aromatic carbocycles. The minimum atomic E-state index is -0.280. The largest absolute Gasteiger partial charge is 0.383 e. The van der Waals surface area contributed by atoms with Crippen molar-refractivity contribution >= 4 is 46.4 Å². The van der Waals surface area contributed by atoms with Crippen LogP contribution in [0.5, 0.6) is 0 Å². The summed E-state index contributed by atoms with van der Waals surface area (Å²) in [6.45, 7) is 0.863. The summed E-state index contributed by atoms with van der Waals surface area (Å²) in [4.78, 5) is 24.0. The number of methoxy groups -OCH3 is 1. The highest BCUT2D eigenvalue weighted by molar-refractivity contribution is 6.34. The van der Waals surface area contributed by atoms with Crippen molar-refractivity contribution in [1.29, 1.82) is 0 Å². The highest BCUT2D eigenvalue weighted by Gasteiger charge is 2.11. The molecular formula is C18H19Cl2N3O3. The van der Waals surface area contributed by atoms with Crippen LogP contribution in [0, 0.1) is 0 Å². The first-order valence-electron chi connectivity index (χ1n) is 7.85. The molecule has 2 amide bonds. The smallest absolute Gasteiger partial charge is 0.252 e. The Morgan fingerprint density at radius 3 is 2.58 bits per heavy atom. The van der Waals surface area contributed by atoms with Gasteiger partial charge in [-0.3, -0.25) is 9.59 Å². The molecule has 0 spiro atoms. The van der Waals surface area contributed by atoms with E-state index in [0.29, 0.717) is 40.1 Å². The Kier molecular flexibility index (Phi) is 7.72. The fourth-order valence-electron chi connectivity index (χ4n) is 2.12. The van der Waals surface area contributed by atoms with Gasteiger partial charge in [0.1, 0.15) is 0 Å². The van der Waals surface area contributed by atoms with E-state index in [1.807, 2.05) is 0 Å². The fourth-order valence-corrected chi connectivity index (χ4v) is 2.58. The van der Waals surface area contributed by atoms with E-state index >= 15 is 0 Å². The maximum atomic E-state index is 12.0. The summed E-state index contributed by atoms with van der Waals surface area (Å²) in [6, 6.07) is 11.8. The van der Waals surface area contributed by atoms with Gasteiger partial charge in [0.25, 0.3) is 5.91 Å². The second-order valence-corrected chi connectivity index (χ2v) is 6.20. The number of hydrogen-bond donors (Lipinski definition) is 3. The molecule has 0 radical (unpaired) electrons. The molecule has 0 aromatic heterocycles. The number of rotatable bonds is 8. The monoisotopic (exact) mass is 395 g/mol. The molecule has 0 unspecified atom stereocenters. The third-order valence-electron chi connectivity index (χ3n) is 3.37. The topological polar surface area (TPSA) is 79.5 Å². The summed E-state index contributed by atoms with van der Waals surface area (Å²) in [5.41, 5.74) is 1.60. The van der Waals surface area contributed by atoms with Crippen LogP contribution in [-0.4, -0.2) is 38.6 Å². The van der Waals surface area contributed by atoms with Crippen molar-refractivity contribution in [3.63, 3.8) is 0 Å². The first-order valence-corrected chi connectivity index (χ1v) is 8.61. The number of benzene rings is 2. The highest BCUT2D eigenvalue weighted by atomic mass is 35.5. The van der Waals surface area contributed by atoms with E-state index in [4.69, 9.17) is 27.9 Å². The molecule has 0 saturated heterocycles. The summed E-state index contributed by atoms with van der Waals surface area (Å²) >= 11 is 12.0. The van der Waals surface area contributed by atoms with Crippen LogP contribution in [0.25, 0.3) is 0 Å². The first kappa shape index (κ1) is 20.0. The van der Waals surface area contributed by atoms with Gasteiger partial charge in [-0.15, -0.1) is 0 Å². The molecular weight excluding hydrogens is 377 g/mol. The molecule has 0 atom stereocenters. The van der Waals surface area contributed by atoms with Gasteiger partial charge in [-0.2, -0.15) is 0 Å². The van der Waals surface area contributed by atoms with Crippen LogP contribution in [0.1, 0.15) is 10.4 Å². The van der Waals surface area contributed by atoms with E-state index in [0.717, 1.165) is 0 Å². The zero-order valence-electron chi connectivity index (χ0n) is 14.1. The van der Waals surface area contributed by atoms with Gasteiger partial charge in [0, 0.05) is 30.1 Å². The lowest BCUT2D eigenvalue weighted by Gasteiger charge is -2.10. The quantitative estimate of drug-likeness (QED) is 0.598. The van der Waals surface area contributed by atoms with E-state index in [9.17, 15) is 9.59 Å². The van der Waals surface area contributed by atoms with Crippen LogP contribution < -0.4 is 16.0 Å². The Hall–Kier alpha value is -2.28. The minimum absolute atomic E-state index is 0.0439. The molecule has 26 heavy (non-hydrogen) atoms. The number of carbonyl (C=O) groups excluding carboxylic acids is 2. The van der Waals surface area contributed by atoms with Crippen molar-refractivity contribution in [3.05, 3.63) is 58.1 Å². The van der Waals surface area contributed by atoms with E-state index in [2.05, 4.69) is 16.0 Å². The van der Waals surface area contributed by atoms with Crippen molar-refractivity contribution in [2.24, 2.45) is 0 Å². The summed E-state index contributed by atoms with van der Waals surface area (Å²) in [6.07, 6.45) is 0. The van der Waals surface area contributed by atoms with Crippen LogP contribution in [-0.2, 0) is 9.53 Å². The molecule has 0 aliphatic rings. The lowest BCUT2D eigenvalue weighted by molar-refractivity contribution is -0.114. The standard InChI is InChI=1S/C18H19Cl2N3O3/c1-26-8-7-21-18(25)15-6-5-13(10-16(15)20)22-11-17(24)23-14-4-2-3-12(19)9-14/h2-6,9-10,22H,7-8,11H2,1H3,(H,21,25)(H,23,24). The van der Waals surface area contributed by atoms with Gasteiger partial charge in [-0.1, -0.05) is 29.3 Å². The molecule has 0 aliphatic heterocycles. The molecule has 2 rings (SSSR count). The molecule has 2 aromatic rings. The zero-order chi connectivity index (χ0) is 18.9. The zero-order valence-corrected chi connectivity index (χ0v) is 15.7.